The predicted molar refractivity (Wildman–Crippen MR) is 56.7 cm³/mol. The highest BCUT2D eigenvalue weighted by Gasteiger charge is 2.43. The minimum absolute atomic E-state index is 0.0324. The molecule has 3 nitrogen and oxygen atoms in total. The van der Waals surface area contributed by atoms with E-state index >= 15 is 0 Å². The third kappa shape index (κ3) is 4.18. The molecule has 0 amide bonds. The van der Waals surface area contributed by atoms with Crippen molar-refractivity contribution in [2.75, 3.05) is 13.1 Å². The summed E-state index contributed by atoms with van der Waals surface area (Å²) in [4.78, 5) is 12.3. The van der Waals surface area contributed by atoms with Gasteiger partial charge in [-0.2, -0.15) is 13.2 Å². The first-order valence-corrected chi connectivity index (χ1v) is 5.87. The van der Waals surface area contributed by atoms with E-state index in [9.17, 15) is 18.0 Å². The molecule has 0 aromatic heterocycles. The van der Waals surface area contributed by atoms with Crippen molar-refractivity contribution in [2.45, 2.75) is 44.8 Å². The number of halogens is 3. The van der Waals surface area contributed by atoms with E-state index in [1.165, 1.54) is 0 Å². The standard InChI is InChI=1S/C11H18F3NO2/c1-2-15(7-10(16)17)9-5-3-4-8(6-9)11(12,13)14/h8-9H,2-7H2,1H3,(H,16,17). The lowest BCUT2D eigenvalue weighted by Crippen LogP contribution is -2.44. The number of hydrogen-bond donors (Lipinski definition) is 1. The normalized spacial score (nSPS) is 26.2. The van der Waals surface area contributed by atoms with Crippen molar-refractivity contribution < 1.29 is 23.1 Å². The summed E-state index contributed by atoms with van der Waals surface area (Å²) >= 11 is 0. The van der Waals surface area contributed by atoms with Crippen molar-refractivity contribution in [1.82, 2.24) is 4.90 Å². The van der Waals surface area contributed by atoms with Gasteiger partial charge in [-0.3, -0.25) is 9.69 Å². The fourth-order valence-corrected chi connectivity index (χ4v) is 2.47. The Kier molecular flexibility index (Phi) is 4.80. The number of aliphatic carboxylic acids is 1. The lowest BCUT2D eigenvalue weighted by Gasteiger charge is -2.36. The minimum Gasteiger partial charge on any atom is -0.480 e. The minimum atomic E-state index is -4.15. The SMILES string of the molecule is CCN(CC(=O)O)C1CCCC(C(F)(F)F)C1. The maximum absolute atomic E-state index is 12.6. The van der Waals surface area contributed by atoms with E-state index in [0.717, 1.165) is 0 Å². The summed E-state index contributed by atoms with van der Waals surface area (Å²) in [5.41, 5.74) is 0. The van der Waals surface area contributed by atoms with Crippen LogP contribution < -0.4 is 0 Å². The third-order valence-corrected chi connectivity index (χ3v) is 3.37. The van der Waals surface area contributed by atoms with Crippen molar-refractivity contribution in [1.29, 1.82) is 0 Å². The molecular formula is C11H18F3NO2. The second kappa shape index (κ2) is 5.71. The van der Waals surface area contributed by atoms with Gasteiger partial charge in [-0.25, -0.2) is 0 Å². The molecule has 6 heteroatoms. The molecule has 1 rings (SSSR count). The van der Waals surface area contributed by atoms with E-state index in [2.05, 4.69) is 0 Å². The van der Waals surface area contributed by atoms with Gasteiger partial charge in [0.15, 0.2) is 0 Å². The molecule has 0 spiro atoms. The molecule has 0 bridgehead atoms. The fourth-order valence-electron chi connectivity index (χ4n) is 2.47. The largest absolute Gasteiger partial charge is 0.480 e. The Morgan fingerprint density at radius 2 is 2.06 bits per heavy atom. The average molecular weight is 253 g/mol. The summed E-state index contributed by atoms with van der Waals surface area (Å²) in [6, 6.07) is -0.253. The molecule has 1 aliphatic carbocycles. The zero-order chi connectivity index (χ0) is 13.1. The topological polar surface area (TPSA) is 40.5 Å². The summed E-state index contributed by atoms with van der Waals surface area (Å²) in [6.07, 6.45) is -2.77. The molecular weight excluding hydrogens is 235 g/mol. The number of nitrogens with zero attached hydrogens (tertiary/aromatic N) is 1. The van der Waals surface area contributed by atoms with Crippen LogP contribution in [0.3, 0.4) is 0 Å². The van der Waals surface area contributed by atoms with Gasteiger partial charge in [0.1, 0.15) is 0 Å². The quantitative estimate of drug-likeness (QED) is 0.837. The molecule has 0 aliphatic heterocycles. The summed E-state index contributed by atoms with van der Waals surface area (Å²) < 4.78 is 37.8. The maximum atomic E-state index is 12.6. The van der Waals surface area contributed by atoms with Gasteiger partial charge in [-0.15, -0.1) is 0 Å². The number of carboxylic acid groups (broad SMARTS) is 1. The van der Waals surface area contributed by atoms with Gasteiger partial charge in [0.05, 0.1) is 12.5 Å². The van der Waals surface area contributed by atoms with E-state index in [1.807, 2.05) is 0 Å². The number of carbonyl (C=O) groups is 1. The Morgan fingerprint density at radius 3 is 2.53 bits per heavy atom. The summed E-state index contributed by atoms with van der Waals surface area (Å²) in [5.74, 6) is -2.26. The van der Waals surface area contributed by atoms with Crippen molar-refractivity contribution in [3.8, 4) is 0 Å². The van der Waals surface area contributed by atoms with E-state index in [4.69, 9.17) is 5.11 Å². The zero-order valence-corrected chi connectivity index (χ0v) is 9.83. The van der Waals surface area contributed by atoms with Crippen LogP contribution in [0.1, 0.15) is 32.6 Å². The Bertz CT molecular complexity index is 268. The van der Waals surface area contributed by atoms with Crippen LogP contribution in [-0.2, 0) is 4.79 Å². The summed E-state index contributed by atoms with van der Waals surface area (Å²) in [7, 11) is 0. The molecule has 1 saturated carbocycles. The molecule has 100 valence electrons. The van der Waals surface area contributed by atoms with Crippen LogP contribution in [0.5, 0.6) is 0 Å². The number of hydrogen-bond acceptors (Lipinski definition) is 2. The highest BCUT2D eigenvalue weighted by atomic mass is 19.4. The van der Waals surface area contributed by atoms with E-state index in [1.54, 1.807) is 11.8 Å². The first kappa shape index (κ1) is 14.3. The number of alkyl halides is 3. The molecule has 1 aliphatic rings. The highest BCUT2D eigenvalue weighted by molar-refractivity contribution is 5.69. The van der Waals surface area contributed by atoms with Crippen LogP contribution in [0.2, 0.25) is 0 Å². The number of likely N-dealkylation sites (N-methyl/N-ethyl adjacent to an activating group) is 1. The Morgan fingerprint density at radius 1 is 1.41 bits per heavy atom. The predicted octanol–water partition coefficient (Wildman–Crippen LogP) is 2.51. The van der Waals surface area contributed by atoms with Gasteiger partial charge in [0.2, 0.25) is 0 Å². The molecule has 2 unspecified atom stereocenters. The van der Waals surface area contributed by atoms with Gasteiger partial charge in [0, 0.05) is 6.04 Å². The van der Waals surface area contributed by atoms with E-state index in [0.29, 0.717) is 19.4 Å². The van der Waals surface area contributed by atoms with Crippen LogP contribution in [0, 0.1) is 5.92 Å². The van der Waals surface area contributed by atoms with Crippen LogP contribution >= 0.6 is 0 Å². The van der Waals surface area contributed by atoms with Crippen molar-refractivity contribution in [3.63, 3.8) is 0 Å². The van der Waals surface area contributed by atoms with Gasteiger partial charge >= 0.3 is 12.1 Å². The molecule has 0 saturated heterocycles. The average Bonchev–Trinajstić information content (AvgIpc) is 2.24. The van der Waals surface area contributed by atoms with Gasteiger partial charge in [0.25, 0.3) is 0 Å². The molecule has 0 aromatic rings. The first-order chi connectivity index (χ1) is 7.84. The lowest BCUT2D eigenvalue weighted by molar-refractivity contribution is -0.186. The molecule has 0 heterocycles. The lowest BCUT2D eigenvalue weighted by atomic mass is 9.84. The highest BCUT2D eigenvalue weighted by Crippen LogP contribution is 2.38. The number of rotatable bonds is 4. The molecule has 2 atom stereocenters. The monoisotopic (exact) mass is 253 g/mol. The van der Waals surface area contributed by atoms with Crippen LogP contribution in [0.25, 0.3) is 0 Å². The maximum Gasteiger partial charge on any atom is 0.391 e. The fraction of sp³-hybridized carbons (Fsp3) is 0.909. The third-order valence-electron chi connectivity index (χ3n) is 3.37. The van der Waals surface area contributed by atoms with Crippen LogP contribution in [0.4, 0.5) is 13.2 Å². The van der Waals surface area contributed by atoms with Gasteiger partial charge in [-0.1, -0.05) is 13.3 Å². The van der Waals surface area contributed by atoms with Gasteiger partial charge in [-0.05, 0) is 25.8 Å². The Labute approximate surface area is 98.6 Å². The van der Waals surface area contributed by atoms with Crippen LogP contribution in [-0.4, -0.2) is 41.3 Å². The van der Waals surface area contributed by atoms with E-state index in [-0.39, 0.29) is 25.4 Å². The number of carboxylic acids is 1. The molecule has 0 aromatic carbocycles. The second-order valence-corrected chi connectivity index (χ2v) is 4.52. The Hall–Kier alpha value is -0.780. The zero-order valence-electron chi connectivity index (χ0n) is 9.83. The van der Waals surface area contributed by atoms with Crippen molar-refractivity contribution in [3.05, 3.63) is 0 Å². The van der Waals surface area contributed by atoms with E-state index < -0.39 is 18.1 Å². The second-order valence-electron chi connectivity index (χ2n) is 4.52. The summed E-state index contributed by atoms with van der Waals surface area (Å²) in [5, 5.41) is 8.71. The van der Waals surface area contributed by atoms with Gasteiger partial charge < -0.3 is 5.11 Å². The first-order valence-electron chi connectivity index (χ1n) is 5.87. The molecule has 17 heavy (non-hydrogen) atoms. The molecule has 1 fully saturated rings. The van der Waals surface area contributed by atoms with Crippen molar-refractivity contribution in [2.24, 2.45) is 5.92 Å². The Balaban J connectivity index is 2.61. The smallest absolute Gasteiger partial charge is 0.391 e. The summed E-state index contributed by atoms with van der Waals surface area (Å²) in [6.45, 7) is 2.08. The molecule has 1 N–H and O–H groups in total. The van der Waals surface area contributed by atoms with Crippen molar-refractivity contribution >= 4 is 5.97 Å². The molecule has 0 radical (unpaired) electrons. The van der Waals surface area contributed by atoms with Crippen LogP contribution in [0.15, 0.2) is 0 Å².